The van der Waals surface area contributed by atoms with Gasteiger partial charge < -0.3 is 9.47 Å². The second kappa shape index (κ2) is 5.77. The van der Waals surface area contributed by atoms with Gasteiger partial charge in [-0.15, -0.1) is 0 Å². The van der Waals surface area contributed by atoms with Crippen LogP contribution in [-0.4, -0.2) is 25.2 Å². The van der Waals surface area contributed by atoms with Crippen LogP contribution in [0.4, 0.5) is 8.78 Å². The van der Waals surface area contributed by atoms with E-state index in [1.807, 2.05) is 0 Å². The molecule has 0 aliphatic heterocycles. The zero-order chi connectivity index (χ0) is 13.0. The lowest BCUT2D eigenvalue weighted by atomic mass is 10.2. The first kappa shape index (κ1) is 13.6. The molecular weight excluding hydrogens is 256 g/mol. The van der Waals surface area contributed by atoms with E-state index in [2.05, 4.69) is 9.72 Å². The molecule has 0 radical (unpaired) electrons. The van der Waals surface area contributed by atoms with E-state index >= 15 is 0 Å². The Morgan fingerprint density at radius 1 is 1.53 bits per heavy atom. The quantitative estimate of drug-likeness (QED) is 0.785. The van der Waals surface area contributed by atoms with Crippen LogP contribution >= 0.6 is 11.6 Å². The van der Waals surface area contributed by atoms with Gasteiger partial charge in [-0.05, 0) is 6.07 Å². The first-order valence-electron chi connectivity index (χ1n) is 4.57. The number of carbonyl (C=O) groups is 1. The average molecular weight is 266 g/mol. The normalized spacial score (nSPS) is 10.5. The molecule has 94 valence electrons. The smallest absolute Gasteiger partial charge is 0.311 e. The number of methoxy groups -OCH3 is 2. The Kier molecular flexibility index (Phi) is 4.62. The molecule has 7 heteroatoms. The molecule has 0 atom stereocenters. The number of hydrogen-bond acceptors (Lipinski definition) is 4. The standard InChI is InChI=1S/C10H10ClF2NO3/c1-16-7(15)4-5-3-6(9(12)13)8(11)10(14-5)17-2/h3,9H,4H2,1-2H3. The number of carbonyl (C=O) groups excluding carboxylic acids is 1. The minimum atomic E-state index is -2.77. The van der Waals surface area contributed by atoms with Crippen molar-refractivity contribution in [1.82, 2.24) is 4.98 Å². The largest absolute Gasteiger partial charge is 0.480 e. The van der Waals surface area contributed by atoms with Gasteiger partial charge in [-0.25, -0.2) is 13.8 Å². The monoisotopic (exact) mass is 265 g/mol. The number of ether oxygens (including phenoxy) is 2. The number of aromatic nitrogens is 1. The fraction of sp³-hybridized carbons (Fsp3) is 0.400. The van der Waals surface area contributed by atoms with Crippen LogP contribution in [0.2, 0.25) is 5.02 Å². The molecule has 0 fully saturated rings. The van der Waals surface area contributed by atoms with Crippen LogP contribution in [-0.2, 0) is 16.0 Å². The fourth-order valence-corrected chi connectivity index (χ4v) is 1.44. The topological polar surface area (TPSA) is 48.4 Å². The van der Waals surface area contributed by atoms with E-state index in [1.54, 1.807) is 0 Å². The van der Waals surface area contributed by atoms with E-state index in [1.165, 1.54) is 14.2 Å². The van der Waals surface area contributed by atoms with Crippen LogP contribution < -0.4 is 4.74 Å². The maximum Gasteiger partial charge on any atom is 0.311 e. The van der Waals surface area contributed by atoms with Gasteiger partial charge >= 0.3 is 5.97 Å². The van der Waals surface area contributed by atoms with Crippen LogP contribution in [0.15, 0.2) is 6.07 Å². The molecule has 4 nitrogen and oxygen atoms in total. The third-order valence-electron chi connectivity index (χ3n) is 1.99. The molecule has 0 amide bonds. The lowest BCUT2D eigenvalue weighted by Gasteiger charge is -2.09. The zero-order valence-corrected chi connectivity index (χ0v) is 9.92. The SMILES string of the molecule is COC(=O)Cc1cc(C(F)F)c(Cl)c(OC)n1. The summed E-state index contributed by atoms with van der Waals surface area (Å²) < 4.78 is 34.5. The summed E-state index contributed by atoms with van der Waals surface area (Å²) in [6.07, 6.45) is -2.99. The third-order valence-corrected chi connectivity index (χ3v) is 2.37. The van der Waals surface area contributed by atoms with Gasteiger partial charge in [0.2, 0.25) is 5.88 Å². The Labute approximate surface area is 101 Å². The van der Waals surface area contributed by atoms with Gasteiger partial charge in [0.05, 0.1) is 26.3 Å². The molecule has 0 aliphatic rings. The molecule has 0 saturated carbocycles. The summed E-state index contributed by atoms with van der Waals surface area (Å²) in [4.78, 5) is 14.9. The first-order valence-corrected chi connectivity index (χ1v) is 4.95. The van der Waals surface area contributed by atoms with Crippen LogP contribution in [0.1, 0.15) is 17.7 Å². The van der Waals surface area contributed by atoms with Gasteiger partial charge in [0.15, 0.2) is 0 Å². The van der Waals surface area contributed by atoms with E-state index in [0.717, 1.165) is 6.07 Å². The van der Waals surface area contributed by atoms with Crippen molar-refractivity contribution in [2.45, 2.75) is 12.8 Å². The Bertz CT molecular complexity index is 426. The van der Waals surface area contributed by atoms with Crippen molar-refractivity contribution in [2.24, 2.45) is 0 Å². The predicted molar refractivity (Wildman–Crippen MR) is 56.5 cm³/mol. The summed E-state index contributed by atoms with van der Waals surface area (Å²) in [5.74, 6) is -0.717. The van der Waals surface area contributed by atoms with E-state index in [9.17, 15) is 13.6 Å². The molecule has 1 aromatic rings. The summed E-state index contributed by atoms with van der Waals surface area (Å²) in [7, 11) is 2.45. The molecule has 0 bridgehead atoms. The van der Waals surface area contributed by atoms with E-state index in [-0.39, 0.29) is 23.0 Å². The van der Waals surface area contributed by atoms with Gasteiger partial charge in [-0.1, -0.05) is 11.6 Å². The minimum Gasteiger partial charge on any atom is -0.480 e. The first-order chi connectivity index (χ1) is 7.99. The van der Waals surface area contributed by atoms with E-state index in [0.29, 0.717) is 0 Å². The van der Waals surface area contributed by atoms with Gasteiger partial charge in [0.1, 0.15) is 5.02 Å². The molecule has 1 rings (SSSR count). The number of rotatable bonds is 4. The molecule has 0 aromatic carbocycles. The van der Waals surface area contributed by atoms with E-state index < -0.39 is 18.0 Å². The maximum absolute atomic E-state index is 12.7. The summed E-state index contributed by atoms with van der Waals surface area (Å²) in [5.41, 5.74) is -0.300. The predicted octanol–water partition coefficient (Wildman–Crippen LogP) is 2.40. The minimum absolute atomic E-state index is 0.119. The highest BCUT2D eigenvalue weighted by molar-refractivity contribution is 6.32. The molecule has 17 heavy (non-hydrogen) atoms. The Morgan fingerprint density at radius 3 is 2.65 bits per heavy atom. The molecule has 1 heterocycles. The van der Waals surface area contributed by atoms with Crippen molar-refractivity contribution in [2.75, 3.05) is 14.2 Å². The lowest BCUT2D eigenvalue weighted by Crippen LogP contribution is -2.08. The third kappa shape index (κ3) is 3.26. The van der Waals surface area contributed by atoms with E-state index in [4.69, 9.17) is 16.3 Å². The molecular formula is C10H10ClF2NO3. The number of hydrogen-bond donors (Lipinski definition) is 0. The van der Waals surface area contributed by atoms with Gasteiger partial charge in [-0.2, -0.15) is 0 Å². The van der Waals surface area contributed by atoms with Crippen molar-refractivity contribution < 1.29 is 23.0 Å². The van der Waals surface area contributed by atoms with Crippen molar-refractivity contribution in [3.63, 3.8) is 0 Å². The highest BCUT2D eigenvalue weighted by Crippen LogP contribution is 2.33. The highest BCUT2D eigenvalue weighted by atomic mass is 35.5. The molecule has 0 N–H and O–H groups in total. The van der Waals surface area contributed by atoms with Crippen molar-refractivity contribution in [1.29, 1.82) is 0 Å². The van der Waals surface area contributed by atoms with Gasteiger partial charge in [-0.3, -0.25) is 4.79 Å². The number of alkyl halides is 2. The number of pyridine rings is 1. The second-order valence-electron chi connectivity index (χ2n) is 3.08. The number of nitrogens with zero attached hydrogens (tertiary/aromatic N) is 1. The Balaban J connectivity index is 3.15. The van der Waals surface area contributed by atoms with Crippen LogP contribution in [0.3, 0.4) is 0 Å². The van der Waals surface area contributed by atoms with Crippen LogP contribution in [0.25, 0.3) is 0 Å². The number of esters is 1. The molecule has 1 aromatic heterocycles. The fourth-order valence-electron chi connectivity index (χ4n) is 1.18. The summed E-state index contributed by atoms with van der Waals surface area (Å²) in [6.45, 7) is 0. The molecule has 0 saturated heterocycles. The van der Waals surface area contributed by atoms with Crippen molar-refractivity contribution in [3.05, 3.63) is 22.3 Å². The summed E-state index contributed by atoms with van der Waals surface area (Å²) in [5, 5.41) is -0.254. The van der Waals surface area contributed by atoms with Gasteiger partial charge in [0.25, 0.3) is 6.43 Å². The summed E-state index contributed by atoms with van der Waals surface area (Å²) >= 11 is 5.66. The van der Waals surface area contributed by atoms with Crippen LogP contribution in [0, 0.1) is 0 Å². The van der Waals surface area contributed by atoms with Crippen molar-refractivity contribution in [3.8, 4) is 5.88 Å². The highest BCUT2D eigenvalue weighted by Gasteiger charge is 2.19. The summed E-state index contributed by atoms with van der Waals surface area (Å²) in [6, 6.07) is 1.06. The van der Waals surface area contributed by atoms with Crippen molar-refractivity contribution >= 4 is 17.6 Å². The second-order valence-corrected chi connectivity index (χ2v) is 3.46. The maximum atomic E-state index is 12.7. The average Bonchev–Trinajstić information content (AvgIpc) is 2.30. The number of halogens is 3. The van der Waals surface area contributed by atoms with Gasteiger partial charge in [0, 0.05) is 5.56 Å². The molecule has 0 aliphatic carbocycles. The molecule has 0 spiro atoms. The zero-order valence-electron chi connectivity index (χ0n) is 9.17. The van der Waals surface area contributed by atoms with Crippen LogP contribution in [0.5, 0.6) is 5.88 Å². The lowest BCUT2D eigenvalue weighted by molar-refractivity contribution is -0.139. The molecule has 0 unspecified atom stereocenters. The Morgan fingerprint density at radius 2 is 2.18 bits per heavy atom. The Hall–Kier alpha value is -1.43.